The molecule has 0 bridgehead atoms. The summed E-state index contributed by atoms with van der Waals surface area (Å²) in [5.41, 5.74) is -0.251. The average Bonchev–Trinajstić information content (AvgIpc) is 2.17. The van der Waals surface area contributed by atoms with Gasteiger partial charge >= 0.3 is 6.18 Å². The third kappa shape index (κ3) is 2.87. The lowest BCUT2D eigenvalue weighted by Crippen LogP contribution is -2.24. The van der Waals surface area contributed by atoms with E-state index < -0.39 is 11.7 Å². The van der Waals surface area contributed by atoms with Crippen molar-refractivity contribution >= 4 is 5.82 Å². The highest BCUT2D eigenvalue weighted by Gasteiger charge is 2.31. The molecule has 0 aliphatic heterocycles. The van der Waals surface area contributed by atoms with E-state index in [0.29, 0.717) is 24.6 Å². The molecule has 2 nitrogen and oxygen atoms in total. The topological polar surface area (TPSA) is 16.1 Å². The van der Waals surface area contributed by atoms with Crippen LogP contribution in [0, 0.1) is 6.92 Å². The number of pyridine rings is 1. The minimum atomic E-state index is -4.31. The number of anilines is 1. The van der Waals surface area contributed by atoms with E-state index in [1.54, 1.807) is 11.8 Å². The van der Waals surface area contributed by atoms with Gasteiger partial charge in [0.1, 0.15) is 5.82 Å². The lowest BCUT2D eigenvalue weighted by atomic mass is 10.2. The smallest absolute Gasteiger partial charge is 0.357 e. The summed E-state index contributed by atoms with van der Waals surface area (Å²) in [6.45, 7) is 6.64. The van der Waals surface area contributed by atoms with Crippen molar-refractivity contribution in [1.82, 2.24) is 4.98 Å². The fourth-order valence-corrected chi connectivity index (χ4v) is 1.52. The Bertz CT molecular complexity index is 357. The van der Waals surface area contributed by atoms with Gasteiger partial charge in [0, 0.05) is 18.8 Å². The molecule has 1 rings (SSSR count). The van der Waals surface area contributed by atoms with Crippen LogP contribution in [0.2, 0.25) is 0 Å². The summed E-state index contributed by atoms with van der Waals surface area (Å²) < 4.78 is 37.7. The van der Waals surface area contributed by atoms with Crippen LogP contribution in [0.25, 0.3) is 0 Å². The van der Waals surface area contributed by atoms with Gasteiger partial charge in [0.25, 0.3) is 0 Å². The summed E-state index contributed by atoms with van der Waals surface area (Å²) in [4.78, 5) is 5.91. The fraction of sp³-hybridized carbons (Fsp3) is 0.545. The molecule has 0 aliphatic carbocycles. The maximum absolute atomic E-state index is 12.6. The number of halogens is 3. The molecule has 0 aliphatic rings. The Balaban J connectivity index is 3.17. The highest BCUT2D eigenvalue weighted by Crippen LogP contribution is 2.31. The van der Waals surface area contributed by atoms with Gasteiger partial charge in [-0.3, -0.25) is 0 Å². The lowest BCUT2D eigenvalue weighted by molar-refractivity contribution is -0.137. The number of hydrogen-bond donors (Lipinski definition) is 0. The van der Waals surface area contributed by atoms with Crippen molar-refractivity contribution in [1.29, 1.82) is 0 Å². The van der Waals surface area contributed by atoms with Gasteiger partial charge in [0.15, 0.2) is 0 Å². The van der Waals surface area contributed by atoms with Gasteiger partial charge in [-0.25, -0.2) is 4.98 Å². The Kier molecular flexibility index (Phi) is 3.78. The number of rotatable bonds is 3. The largest absolute Gasteiger partial charge is 0.416 e. The molecular formula is C11H15F3N2. The molecule has 0 amide bonds. The first kappa shape index (κ1) is 12.8. The average molecular weight is 232 g/mol. The van der Waals surface area contributed by atoms with Crippen LogP contribution in [0.15, 0.2) is 12.1 Å². The highest BCUT2D eigenvalue weighted by molar-refractivity contribution is 5.43. The molecule has 0 saturated carbocycles. The Morgan fingerprint density at radius 2 is 1.75 bits per heavy atom. The van der Waals surface area contributed by atoms with E-state index in [4.69, 9.17) is 0 Å². The van der Waals surface area contributed by atoms with E-state index in [9.17, 15) is 13.2 Å². The highest BCUT2D eigenvalue weighted by atomic mass is 19.4. The second kappa shape index (κ2) is 4.72. The van der Waals surface area contributed by atoms with Crippen molar-refractivity contribution < 1.29 is 13.2 Å². The summed E-state index contributed by atoms with van der Waals surface area (Å²) in [6, 6.07) is 2.16. The summed E-state index contributed by atoms with van der Waals surface area (Å²) >= 11 is 0. The molecule has 0 unspecified atom stereocenters. The molecule has 0 saturated heterocycles. The first-order valence-electron chi connectivity index (χ1n) is 5.19. The molecule has 1 aromatic heterocycles. The predicted octanol–water partition coefficient (Wildman–Crippen LogP) is 3.26. The zero-order chi connectivity index (χ0) is 12.3. The van der Waals surface area contributed by atoms with Crippen molar-refractivity contribution in [3.8, 4) is 0 Å². The first-order valence-corrected chi connectivity index (χ1v) is 5.19. The van der Waals surface area contributed by atoms with E-state index in [-0.39, 0.29) is 0 Å². The predicted molar refractivity (Wildman–Crippen MR) is 57.5 cm³/mol. The monoisotopic (exact) mass is 232 g/mol. The molecule has 1 heterocycles. The fourth-order valence-electron chi connectivity index (χ4n) is 1.52. The van der Waals surface area contributed by atoms with Gasteiger partial charge in [-0.05, 0) is 32.9 Å². The summed E-state index contributed by atoms with van der Waals surface area (Å²) in [5, 5.41) is 0. The van der Waals surface area contributed by atoms with Gasteiger partial charge in [-0.2, -0.15) is 13.2 Å². The molecule has 0 atom stereocenters. The molecular weight excluding hydrogens is 217 g/mol. The standard InChI is InChI=1S/C11H15F3N2/c1-4-16(5-2)10-7-9(11(12,13)14)6-8(3)15-10/h6-7H,4-5H2,1-3H3. The zero-order valence-electron chi connectivity index (χ0n) is 9.60. The summed E-state index contributed by atoms with van der Waals surface area (Å²) in [7, 11) is 0. The zero-order valence-corrected chi connectivity index (χ0v) is 9.60. The van der Waals surface area contributed by atoms with Crippen LogP contribution in [0.5, 0.6) is 0 Å². The first-order chi connectivity index (χ1) is 7.38. The molecule has 16 heavy (non-hydrogen) atoms. The molecule has 1 aromatic rings. The van der Waals surface area contributed by atoms with Crippen LogP contribution in [-0.2, 0) is 6.18 Å². The molecule has 0 fully saturated rings. The Labute approximate surface area is 93.1 Å². The molecule has 0 radical (unpaired) electrons. The molecule has 0 N–H and O–H groups in total. The van der Waals surface area contributed by atoms with E-state index in [0.717, 1.165) is 12.1 Å². The normalized spacial score (nSPS) is 11.6. The van der Waals surface area contributed by atoms with Crippen LogP contribution in [0.3, 0.4) is 0 Å². The maximum Gasteiger partial charge on any atom is 0.416 e. The van der Waals surface area contributed by atoms with Crippen molar-refractivity contribution in [3.63, 3.8) is 0 Å². The minimum Gasteiger partial charge on any atom is -0.357 e. The molecule has 90 valence electrons. The van der Waals surface area contributed by atoms with Crippen LogP contribution >= 0.6 is 0 Å². The van der Waals surface area contributed by atoms with E-state index in [1.807, 2.05) is 13.8 Å². The second-order valence-corrected chi connectivity index (χ2v) is 3.53. The van der Waals surface area contributed by atoms with Crippen LogP contribution < -0.4 is 4.90 Å². The third-order valence-electron chi connectivity index (χ3n) is 2.35. The lowest BCUT2D eigenvalue weighted by Gasteiger charge is -2.21. The number of nitrogens with zero attached hydrogens (tertiary/aromatic N) is 2. The van der Waals surface area contributed by atoms with Gasteiger partial charge in [-0.1, -0.05) is 0 Å². The van der Waals surface area contributed by atoms with Gasteiger partial charge < -0.3 is 4.90 Å². The quantitative estimate of drug-likeness (QED) is 0.795. The molecule has 0 aromatic carbocycles. The van der Waals surface area contributed by atoms with Crippen molar-refractivity contribution in [2.24, 2.45) is 0 Å². The SMILES string of the molecule is CCN(CC)c1cc(C(F)(F)F)cc(C)n1. The number of aromatic nitrogens is 1. The van der Waals surface area contributed by atoms with Crippen molar-refractivity contribution in [3.05, 3.63) is 23.4 Å². The number of hydrogen-bond acceptors (Lipinski definition) is 2. The van der Waals surface area contributed by atoms with E-state index >= 15 is 0 Å². The van der Waals surface area contributed by atoms with Gasteiger partial charge in [0.2, 0.25) is 0 Å². The third-order valence-corrected chi connectivity index (χ3v) is 2.35. The van der Waals surface area contributed by atoms with Gasteiger partial charge in [-0.15, -0.1) is 0 Å². The summed E-state index contributed by atoms with van der Waals surface area (Å²) in [6.07, 6.45) is -4.31. The van der Waals surface area contributed by atoms with Crippen LogP contribution in [-0.4, -0.2) is 18.1 Å². The van der Waals surface area contributed by atoms with Crippen molar-refractivity contribution in [2.45, 2.75) is 26.9 Å². The van der Waals surface area contributed by atoms with Crippen molar-refractivity contribution in [2.75, 3.05) is 18.0 Å². The van der Waals surface area contributed by atoms with Gasteiger partial charge in [0.05, 0.1) is 5.56 Å². The Morgan fingerprint density at radius 3 is 2.19 bits per heavy atom. The van der Waals surface area contributed by atoms with E-state index in [2.05, 4.69) is 4.98 Å². The van der Waals surface area contributed by atoms with E-state index in [1.165, 1.54) is 0 Å². The number of alkyl halides is 3. The minimum absolute atomic E-state index is 0.386. The van der Waals surface area contributed by atoms with Crippen LogP contribution in [0.1, 0.15) is 25.1 Å². The second-order valence-electron chi connectivity index (χ2n) is 3.53. The summed E-state index contributed by atoms with van der Waals surface area (Å²) in [5.74, 6) is 0.386. The Morgan fingerprint density at radius 1 is 1.19 bits per heavy atom. The molecule has 5 heteroatoms. The Hall–Kier alpha value is -1.26. The molecule has 0 spiro atoms. The maximum atomic E-state index is 12.6. The van der Waals surface area contributed by atoms with Crippen LogP contribution in [0.4, 0.5) is 19.0 Å². The number of aryl methyl sites for hydroxylation is 1.